The van der Waals surface area contributed by atoms with E-state index in [0.717, 1.165) is 23.0 Å². The first-order chi connectivity index (χ1) is 9.55. The normalized spacial score (nSPS) is 21.1. The second-order valence-electron chi connectivity index (χ2n) is 5.25. The highest BCUT2D eigenvalue weighted by atomic mass is 32.2. The van der Waals surface area contributed by atoms with Crippen molar-refractivity contribution in [3.63, 3.8) is 0 Å². The van der Waals surface area contributed by atoms with Crippen LogP contribution in [0.25, 0.3) is 10.9 Å². The van der Waals surface area contributed by atoms with Gasteiger partial charge in [-0.25, -0.2) is 8.42 Å². The minimum absolute atomic E-state index is 0.170. The van der Waals surface area contributed by atoms with Gasteiger partial charge in [-0.1, -0.05) is 0 Å². The summed E-state index contributed by atoms with van der Waals surface area (Å²) in [6.45, 7) is 0.634. The zero-order valence-electron chi connectivity index (χ0n) is 11.0. The Morgan fingerprint density at radius 2 is 2.20 bits per heavy atom. The van der Waals surface area contributed by atoms with E-state index in [4.69, 9.17) is 5.73 Å². The van der Waals surface area contributed by atoms with Gasteiger partial charge in [0.1, 0.15) is 0 Å². The Kier molecular flexibility index (Phi) is 3.25. The molecular weight excluding hydrogens is 274 g/mol. The number of nitrogen functional groups attached to an aromatic ring is 1. The molecule has 0 spiro atoms. The van der Waals surface area contributed by atoms with Crippen LogP contribution in [0.1, 0.15) is 6.42 Å². The number of anilines is 2. The van der Waals surface area contributed by atoms with Gasteiger partial charge in [-0.15, -0.1) is 0 Å². The number of aromatic nitrogens is 1. The predicted molar refractivity (Wildman–Crippen MR) is 81.4 cm³/mol. The molecule has 3 rings (SSSR count). The van der Waals surface area contributed by atoms with Gasteiger partial charge >= 0.3 is 0 Å². The molecule has 1 unspecified atom stereocenters. The second-order valence-corrected chi connectivity index (χ2v) is 7.48. The maximum absolute atomic E-state index is 11.4. The molecule has 0 radical (unpaired) electrons. The molecule has 1 aliphatic rings. The van der Waals surface area contributed by atoms with Crippen LogP contribution in [0, 0.1) is 5.92 Å². The molecule has 2 aromatic rings. The summed E-state index contributed by atoms with van der Waals surface area (Å²) in [4.78, 5) is 4.25. The molecule has 106 valence electrons. The molecule has 2 heterocycles. The third kappa shape index (κ3) is 2.56. The fourth-order valence-electron chi connectivity index (χ4n) is 2.62. The third-order valence-corrected chi connectivity index (χ3v) is 5.57. The van der Waals surface area contributed by atoms with Crippen LogP contribution < -0.4 is 11.1 Å². The van der Waals surface area contributed by atoms with Crippen LogP contribution in [-0.4, -0.2) is 31.5 Å². The van der Waals surface area contributed by atoms with Crippen LogP contribution >= 0.6 is 0 Å². The Morgan fingerprint density at radius 1 is 1.35 bits per heavy atom. The number of hydrogen-bond acceptors (Lipinski definition) is 5. The van der Waals surface area contributed by atoms with E-state index in [2.05, 4.69) is 10.3 Å². The van der Waals surface area contributed by atoms with Gasteiger partial charge < -0.3 is 11.1 Å². The topological polar surface area (TPSA) is 85.1 Å². The monoisotopic (exact) mass is 291 g/mol. The van der Waals surface area contributed by atoms with Gasteiger partial charge in [0.25, 0.3) is 0 Å². The van der Waals surface area contributed by atoms with Gasteiger partial charge in [0.2, 0.25) is 0 Å². The van der Waals surface area contributed by atoms with Crippen LogP contribution in [0.2, 0.25) is 0 Å². The molecule has 1 fully saturated rings. The average Bonchev–Trinajstić information content (AvgIpc) is 2.78. The van der Waals surface area contributed by atoms with E-state index in [9.17, 15) is 8.42 Å². The van der Waals surface area contributed by atoms with Crippen molar-refractivity contribution in [3.05, 3.63) is 30.5 Å². The highest BCUT2D eigenvalue weighted by Crippen LogP contribution is 2.28. The van der Waals surface area contributed by atoms with Crippen molar-refractivity contribution in [3.8, 4) is 0 Å². The first kappa shape index (κ1) is 13.2. The van der Waals surface area contributed by atoms with Crippen molar-refractivity contribution < 1.29 is 8.42 Å². The first-order valence-electron chi connectivity index (χ1n) is 6.63. The minimum atomic E-state index is -2.83. The Labute approximate surface area is 118 Å². The van der Waals surface area contributed by atoms with E-state index in [1.54, 1.807) is 6.20 Å². The van der Waals surface area contributed by atoms with Gasteiger partial charge in [-0.2, -0.15) is 0 Å². The lowest BCUT2D eigenvalue weighted by Gasteiger charge is -2.14. The second kappa shape index (κ2) is 4.94. The van der Waals surface area contributed by atoms with Crippen molar-refractivity contribution in [2.24, 2.45) is 5.92 Å². The van der Waals surface area contributed by atoms with Crippen molar-refractivity contribution in [2.75, 3.05) is 29.1 Å². The standard InChI is InChI=1S/C14H17N3O2S/c15-14-11-2-1-6-16-12(11)3-4-13(14)17-8-10-5-7-20(18,19)9-10/h1-4,6,10,17H,5,7-9,15H2. The summed E-state index contributed by atoms with van der Waals surface area (Å²) in [6, 6.07) is 7.60. The smallest absolute Gasteiger partial charge is 0.150 e. The van der Waals surface area contributed by atoms with E-state index in [1.807, 2.05) is 24.3 Å². The van der Waals surface area contributed by atoms with E-state index in [0.29, 0.717) is 18.0 Å². The molecule has 0 aliphatic carbocycles. The average molecular weight is 291 g/mol. The number of benzene rings is 1. The minimum Gasteiger partial charge on any atom is -0.397 e. The summed E-state index contributed by atoms with van der Waals surface area (Å²) in [5, 5.41) is 4.18. The lowest BCUT2D eigenvalue weighted by molar-refractivity contribution is 0.596. The Morgan fingerprint density at radius 3 is 2.95 bits per heavy atom. The first-order valence-corrected chi connectivity index (χ1v) is 8.45. The molecule has 0 bridgehead atoms. The van der Waals surface area contributed by atoms with Crippen LogP contribution in [0.5, 0.6) is 0 Å². The molecule has 1 aromatic carbocycles. The van der Waals surface area contributed by atoms with Crippen molar-refractivity contribution in [1.82, 2.24) is 4.98 Å². The summed E-state index contributed by atoms with van der Waals surface area (Å²) in [5.74, 6) is 0.745. The summed E-state index contributed by atoms with van der Waals surface area (Å²) in [5.41, 5.74) is 8.50. The highest BCUT2D eigenvalue weighted by Gasteiger charge is 2.27. The van der Waals surface area contributed by atoms with Crippen molar-refractivity contribution in [1.29, 1.82) is 0 Å². The summed E-state index contributed by atoms with van der Waals surface area (Å²) in [7, 11) is -2.83. The Balaban J connectivity index is 1.77. The zero-order valence-corrected chi connectivity index (χ0v) is 11.9. The van der Waals surface area contributed by atoms with Crippen molar-refractivity contribution in [2.45, 2.75) is 6.42 Å². The van der Waals surface area contributed by atoms with Crippen LogP contribution in [-0.2, 0) is 9.84 Å². The maximum atomic E-state index is 11.4. The number of nitrogens with zero attached hydrogens (tertiary/aromatic N) is 1. The zero-order chi connectivity index (χ0) is 14.2. The molecule has 5 nitrogen and oxygen atoms in total. The molecule has 3 N–H and O–H groups in total. The third-order valence-electron chi connectivity index (χ3n) is 3.73. The van der Waals surface area contributed by atoms with Crippen molar-refractivity contribution >= 4 is 32.1 Å². The lowest BCUT2D eigenvalue weighted by Crippen LogP contribution is -2.16. The molecular formula is C14H17N3O2S. The van der Waals surface area contributed by atoms with Crippen LogP contribution in [0.15, 0.2) is 30.5 Å². The fourth-order valence-corrected chi connectivity index (χ4v) is 4.48. The molecule has 20 heavy (non-hydrogen) atoms. The van der Waals surface area contributed by atoms with Gasteiger partial charge in [-0.05, 0) is 36.6 Å². The quantitative estimate of drug-likeness (QED) is 0.840. The Bertz CT molecular complexity index is 743. The molecule has 1 saturated heterocycles. The van der Waals surface area contributed by atoms with Crippen LogP contribution in [0.3, 0.4) is 0 Å². The summed E-state index contributed by atoms with van der Waals surface area (Å²) in [6.07, 6.45) is 2.46. The Hall–Kier alpha value is -1.82. The number of fused-ring (bicyclic) bond motifs is 1. The number of hydrogen-bond donors (Lipinski definition) is 2. The van der Waals surface area contributed by atoms with E-state index in [1.165, 1.54) is 0 Å². The SMILES string of the molecule is Nc1c(NCC2CCS(=O)(=O)C2)ccc2ncccc12. The number of rotatable bonds is 3. The van der Waals surface area contributed by atoms with Gasteiger partial charge in [0.15, 0.2) is 9.84 Å². The number of nitrogens with two attached hydrogens (primary N) is 1. The maximum Gasteiger partial charge on any atom is 0.150 e. The van der Waals surface area contributed by atoms with E-state index < -0.39 is 9.84 Å². The molecule has 0 amide bonds. The summed E-state index contributed by atoms with van der Waals surface area (Å²) < 4.78 is 22.9. The molecule has 6 heteroatoms. The van der Waals surface area contributed by atoms with Gasteiger partial charge in [-0.3, -0.25) is 4.98 Å². The summed E-state index contributed by atoms with van der Waals surface area (Å²) >= 11 is 0. The van der Waals surface area contributed by atoms with Gasteiger partial charge in [0, 0.05) is 18.1 Å². The number of nitrogens with one attached hydrogen (secondary N) is 1. The predicted octanol–water partition coefficient (Wildman–Crippen LogP) is 1.66. The molecule has 0 saturated carbocycles. The van der Waals surface area contributed by atoms with Gasteiger partial charge in [0.05, 0.1) is 28.4 Å². The number of sulfone groups is 1. The molecule has 1 aliphatic heterocycles. The fraction of sp³-hybridized carbons (Fsp3) is 0.357. The molecule has 1 aromatic heterocycles. The lowest BCUT2D eigenvalue weighted by atomic mass is 10.1. The van der Waals surface area contributed by atoms with E-state index in [-0.39, 0.29) is 11.7 Å². The number of pyridine rings is 1. The van der Waals surface area contributed by atoms with E-state index >= 15 is 0 Å². The molecule has 1 atom stereocenters. The largest absolute Gasteiger partial charge is 0.397 e. The highest BCUT2D eigenvalue weighted by molar-refractivity contribution is 7.91. The van der Waals surface area contributed by atoms with Crippen LogP contribution in [0.4, 0.5) is 11.4 Å².